The third-order valence-electron chi connectivity index (χ3n) is 6.50. The van der Waals surface area contributed by atoms with Crippen LogP contribution in [-0.2, 0) is 4.79 Å². The Kier molecular flexibility index (Phi) is 4.54. The molecule has 1 unspecified atom stereocenters. The number of rotatable bonds is 3. The van der Waals surface area contributed by atoms with Crippen molar-refractivity contribution in [1.82, 2.24) is 0 Å². The third kappa shape index (κ3) is 3.09. The van der Waals surface area contributed by atoms with Gasteiger partial charge in [0.15, 0.2) is 17.3 Å². The number of carbonyl (C=O) groups is 1. The smallest absolute Gasteiger partial charge is 0.164 e. The summed E-state index contributed by atoms with van der Waals surface area (Å²) < 4.78 is 11.4. The number of benzene rings is 3. The number of Topliss-reactive ketones (excluding diaryl/α,β-unsaturated/α-hetero) is 1. The van der Waals surface area contributed by atoms with E-state index in [-0.39, 0.29) is 17.1 Å². The summed E-state index contributed by atoms with van der Waals surface area (Å²) >= 11 is 0. The van der Waals surface area contributed by atoms with E-state index in [0.717, 1.165) is 45.3 Å². The van der Waals surface area contributed by atoms with Gasteiger partial charge in [-0.1, -0.05) is 56.3 Å². The van der Waals surface area contributed by atoms with Crippen LogP contribution in [0.4, 0.5) is 5.69 Å². The van der Waals surface area contributed by atoms with Crippen molar-refractivity contribution >= 4 is 22.2 Å². The summed E-state index contributed by atoms with van der Waals surface area (Å²) in [7, 11) is 3.31. The van der Waals surface area contributed by atoms with Crippen LogP contribution in [0.3, 0.4) is 0 Å². The number of para-hydroxylation sites is 1. The Balaban J connectivity index is 1.85. The van der Waals surface area contributed by atoms with Crippen molar-refractivity contribution in [3.05, 3.63) is 77.0 Å². The molecule has 5 rings (SSSR count). The molecule has 0 bridgehead atoms. The first-order valence-corrected chi connectivity index (χ1v) is 10.7. The number of nitrogens with one attached hydrogen (secondary N) is 1. The fourth-order valence-corrected chi connectivity index (χ4v) is 5.25. The van der Waals surface area contributed by atoms with Crippen molar-refractivity contribution < 1.29 is 14.3 Å². The number of ketones is 1. The van der Waals surface area contributed by atoms with Gasteiger partial charge >= 0.3 is 0 Å². The summed E-state index contributed by atoms with van der Waals surface area (Å²) in [5, 5.41) is 5.93. The second-order valence-corrected chi connectivity index (χ2v) is 9.22. The van der Waals surface area contributed by atoms with Gasteiger partial charge in [0.25, 0.3) is 0 Å². The molecule has 158 valence electrons. The Morgan fingerprint density at radius 3 is 2.52 bits per heavy atom. The molecule has 1 aliphatic carbocycles. The van der Waals surface area contributed by atoms with Gasteiger partial charge in [-0.3, -0.25) is 4.79 Å². The van der Waals surface area contributed by atoms with Crippen LogP contribution in [0.25, 0.3) is 10.8 Å². The zero-order chi connectivity index (χ0) is 21.8. The standard InChI is InChI=1S/C27H27NO3/c1-27(2)14-20-25(21(29)15-27)24(18-10-7-11-22(30-3)26(18)31-4)23-17-9-6-5-8-16(17)12-13-19(23)28-20/h5-13,24,28H,14-15H2,1-4H3. The maximum absolute atomic E-state index is 13.6. The first-order chi connectivity index (χ1) is 14.9. The molecular weight excluding hydrogens is 386 g/mol. The quantitative estimate of drug-likeness (QED) is 0.567. The van der Waals surface area contributed by atoms with Crippen LogP contribution in [-0.4, -0.2) is 20.0 Å². The van der Waals surface area contributed by atoms with Crippen LogP contribution in [0.5, 0.6) is 11.5 Å². The molecule has 0 aromatic heterocycles. The third-order valence-corrected chi connectivity index (χ3v) is 6.50. The second-order valence-electron chi connectivity index (χ2n) is 9.22. The Labute approximate surface area is 182 Å². The summed E-state index contributed by atoms with van der Waals surface area (Å²) in [6.07, 6.45) is 1.37. The number of carbonyl (C=O) groups excluding carboxylic acids is 1. The second kappa shape index (κ2) is 7.16. The highest BCUT2D eigenvalue weighted by atomic mass is 16.5. The maximum atomic E-state index is 13.6. The number of allylic oxidation sites excluding steroid dienone is 2. The topological polar surface area (TPSA) is 47.6 Å². The lowest BCUT2D eigenvalue weighted by atomic mass is 9.68. The van der Waals surface area contributed by atoms with Crippen molar-refractivity contribution in [2.24, 2.45) is 5.41 Å². The van der Waals surface area contributed by atoms with Gasteiger partial charge in [-0.05, 0) is 40.3 Å². The number of ether oxygens (including phenoxy) is 2. The van der Waals surface area contributed by atoms with Crippen LogP contribution in [0.1, 0.15) is 43.7 Å². The average Bonchev–Trinajstić information content (AvgIpc) is 2.76. The molecule has 1 aliphatic heterocycles. The minimum absolute atomic E-state index is 0.0692. The predicted molar refractivity (Wildman–Crippen MR) is 124 cm³/mol. The molecule has 31 heavy (non-hydrogen) atoms. The number of hydrogen-bond acceptors (Lipinski definition) is 4. The van der Waals surface area contributed by atoms with E-state index in [0.29, 0.717) is 17.9 Å². The highest BCUT2D eigenvalue weighted by molar-refractivity contribution is 6.04. The van der Waals surface area contributed by atoms with E-state index in [1.807, 2.05) is 18.2 Å². The van der Waals surface area contributed by atoms with Gasteiger partial charge in [0.2, 0.25) is 0 Å². The molecule has 4 nitrogen and oxygen atoms in total. The summed E-state index contributed by atoms with van der Waals surface area (Å²) in [4.78, 5) is 13.6. The van der Waals surface area contributed by atoms with E-state index in [1.165, 1.54) is 0 Å². The minimum atomic E-state index is -0.217. The fraction of sp³-hybridized carbons (Fsp3) is 0.296. The largest absolute Gasteiger partial charge is 0.493 e. The SMILES string of the molecule is COc1cccc(C2C3=C(CC(C)(C)CC3=O)Nc3ccc4ccccc4c32)c1OC. The number of hydrogen-bond donors (Lipinski definition) is 1. The maximum Gasteiger partial charge on any atom is 0.164 e. The Morgan fingerprint density at radius 1 is 0.935 bits per heavy atom. The molecule has 0 amide bonds. The van der Waals surface area contributed by atoms with Crippen LogP contribution >= 0.6 is 0 Å². The molecule has 2 aliphatic rings. The van der Waals surface area contributed by atoms with E-state index in [1.54, 1.807) is 14.2 Å². The van der Waals surface area contributed by atoms with Crippen molar-refractivity contribution in [1.29, 1.82) is 0 Å². The van der Waals surface area contributed by atoms with Crippen LogP contribution in [0.2, 0.25) is 0 Å². The highest BCUT2D eigenvalue weighted by Crippen LogP contribution is 2.53. The van der Waals surface area contributed by atoms with Crippen molar-refractivity contribution in [2.45, 2.75) is 32.6 Å². The van der Waals surface area contributed by atoms with Crippen molar-refractivity contribution in [3.63, 3.8) is 0 Å². The molecule has 0 saturated heterocycles. The molecule has 0 radical (unpaired) electrons. The van der Waals surface area contributed by atoms with Gasteiger partial charge in [-0.15, -0.1) is 0 Å². The summed E-state index contributed by atoms with van der Waals surface area (Å²) in [5.41, 5.74) is 4.95. The fourth-order valence-electron chi connectivity index (χ4n) is 5.25. The van der Waals surface area contributed by atoms with E-state index < -0.39 is 0 Å². The van der Waals surface area contributed by atoms with E-state index >= 15 is 0 Å². The van der Waals surface area contributed by atoms with Gasteiger partial charge in [-0.2, -0.15) is 0 Å². The van der Waals surface area contributed by atoms with Crippen molar-refractivity contribution in [2.75, 3.05) is 19.5 Å². The molecule has 0 spiro atoms. The Hall–Kier alpha value is -3.27. The molecular formula is C27H27NO3. The van der Waals surface area contributed by atoms with Crippen LogP contribution in [0, 0.1) is 5.41 Å². The van der Waals surface area contributed by atoms with E-state index in [9.17, 15) is 4.79 Å². The normalized spacial score (nSPS) is 19.5. The van der Waals surface area contributed by atoms with Crippen LogP contribution < -0.4 is 14.8 Å². The highest BCUT2D eigenvalue weighted by Gasteiger charge is 2.42. The predicted octanol–water partition coefficient (Wildman–Crippen LogP) is 6.06. The first-order valence-electron chi connectivity index (χ1n) is 10.7. The monoisotopic (exact) mass is 413 g/mol. The van der Waals surface area contributed by atoms with Crippen molar-refractivity contribution in [3.8, 4) is 11.5 Å². The molecule has 3 aromatic rings. The lowest BCUT2D eigenvalue weighted by Crippen LogP contribution is -2.34. The number of methoxy groups -OCH3 is 2. The zero-order valence-corrected chi connectivity index (χ0v) is 18.4. The number of anilines is 1. The van der Waals surface area contributed by atoms with Gasteiger partial charge in [0.1, 0.15) is 0 Å². The molecule has 0 saturated carbocycles. The molecule has 1 heterocycles. The molecule has 0 fully saturated rings. The average molecular weight is 414 g/mol. The molecule has 4 heteroatoms. The molecule has 1 N–H and O–H groups in total. The molecule has 1 atom stereocenters. The molecule has 3 aromatic carbocycles. The van der Waals surface area contributed by atoms with E-state index in [2.05, 4.69) is 55.6 Å². The number of fused-ring (bicyclic) bond motifs is 3. The lowest BCUT2D eigenvalue weighted by Gasteiger charge is -2.40. The minimum Gasteiger partial charge on any atom is -0.493 e. The summed E-state index contributed by atoms with van der Waals surface area (Å²) in [6, 6.07) is 18.6. The zero-order valence-electron chi connectivity index (χ0n) is 18.4. The van der Waals surface area contributed by atoms with Gasteiger partial charge in [-0.25, -0.2) is 0 Å². The van der Waals surface area contributed by atoms with Gasteiger partial charge in [0.05, 0.1) is 14.2 Å². The van der Waals surface area contributed by atoms with Crippen LogP contribution in [0.15, 0.2) is 65.9 Å². The van der Waals surface area contributed by atoms with Gasteiger partial charge < -0.3 is 14.8 Å². The first kappa shape index (κ1) is 19.7. The Morgan fingerprint density at radius 2 is 1.74 bits per heavy atom. The van der Waals surface area contributed by atoms with Gasteiger partial charge in [0, 0.05) is 34.9 Å². The summed E-state index contributed by atoms with van der Waals surface area (Å²) in [6.45, 7) is 4.32. The summed E-state index contributed by atoms with van der Waals surface area (Å²) in [5.74, 6) is 1.34. The van der Waals surface area contributed by atoms with E-state index in [4.69, 9.17) is 9.47 Å². The Bertz CT molecular complexity index is 1240. The lowest BCUT2D eigenvalue weighted by molar-refractivity contribution is -0.118.